The van der Waals surface area contributed by atoms with E-state index in [0.717, 1.165) is 11.1 Å². The predicted octanol–water partition coefficient (Wildman–Crippen LogP) is 4.97. The number of rotatable bonds is 7. The van der Waals surface area contributed by atoms with E-state index < -0.39 is 11.7 Å². The summed E-state index contributed by atoms with van der Waals surface area (Å²) in [5.74, 6) is -0.332. The lowest BCUT2D eigenvalue weighted by Crippen LogP contribution is -2.24. The second kappa shape index (κ2) is 10.3. The molecule has 0 aromatic heterocycles. The first kappa shape index (κ1) is 21.2. The quantitative estimate of drug-likeness (QED) is 0.543. The lowest BCUT2D eigenvalue weighted by atomic mass is 10.1. The summed E-state index contributed by atoms with van der Waals surface area (Å²) in [4.78, 5) is 23.6. The number of hydrogen-bond acceptors (Lipinski definition) is 4. The molecule has 0 fully saturated rings. The Morgan fingerprint density at radius 1 is 1.00 bits per heavy atom. The maximum atomic E-state index is 12.0. The van der Waals surface area contributed by atoms with Gasteiger partial charge in [-0.1, -0.05) is 54.6 Å². The number of carbonyl (C=O) groups is 2. The van der Waals surface area contributed by atoms with Gasteiger partial charge in [0, 0.05) is 6.54 Å². The van der Waals surface area contributed by atoms with Crippen molar-refractivity contribution in [2.75, 3.05) is 6.54 Å². The van der Waals surface area contributed by atoms with Gasteiger partial charge < -0.3 is 14.8 Å². The molecule has 1 N–H and O–H groups in total. The van der Waals surface area contributed by atoms with Crippen LogP contribution in [-0.4, -0.2) is 24.2 Å². The lowest BCUT2D eigenvalue weighted by molar-refractivity contribution is 0.00694. The Hall–Kier alpha value is -3.08. The molecule has 0 bridgehead atoms. The van der Waals surface area contributed by atoms with Gasteiger partial charge in [0.2, 0.25) is 0 Å². The number of amides is 1. The third-order valence-corrected chi connectivity index (χ3v) is 3.65. The summed E-state index contributed by atoms with van der Waals surface area (Å²) < 4.78 is 10.5. The summed E-state index contributed by atoms with van der Waals surface area (Å²) in [7, 11) is 0. The zero-order valence-electron chi connectivity index (χ0n) is 16.6. The van der Waals surface area contributed by atoms with Crippen molar-refractivity contribution in [3.05, 3.63) is 77.4 Å². The summed E-state index contributed by atoms with van der Waals surface area (Å²) in [6, 6.07) is 16.7. The minimum absolute atomic E-state index is 0.256. The molecule has 0 spiro atoms. The molecule has 0 saturated carbocycles. The van der Waals surface area contributed by atoms with Crippen molar-refractivity contribution in [2.45, 2.75) is 39.4 Å². The van der Waals surface area contributed by atoms with E-state index >= 15 is 0 Å². The van der Waals surface area contributed by atoms with Gasteiger partial charge in [-0.15, -0.1) is 0 Å². The molecule has 2 aromatic rings. The maximum Gasteiger partial charge on any atom is 0.407 e. The molecule has 5 heteroatoms. The van der Waals surface area contributed by atoms with Crippen molar-refractivity contribution in [2.24, 2.45) is 0 Å². The van der Waals surface area contributed by atoms with Gasteiger partial charge >= 0.3 is 12.1 Å². The summed E-state index contributed by atoms with van der Waals surface area (Å²) in [6.45, 7) is 6.27. The van der Waals surface area contributed by atoms with Gasteiger partial charge in [-0.3, -0.25) is 0 Å². The highest BCUT2D eigenvalue weighted by atomic mass is 16.6. The van der Waals surface area contributed by atoms with E-state index in [4.69, 9.17) is 9.47 Å². The maximum absolute atomic E-state index is 12.0. The van der Waals surface area contributed by atoms with Gasteiger partial charge in [0.1, 0.15) is 12.2 Å². The van der Waals surface area contributed by atoms with Crippen molar-refractivity contribution in [1.29, 1.82) is 0 Å². The average Bonchev–Trinajstić information content (AvgIpc) is 2.66. The fourth-order valence-electron chi connectivity index (χ4n) is 2.32. The Kier molecular flexibility index (Phi) is 7.81. The molecule has 0 saturated heterocycles. The van der Waals surface area contributed by atoms with E-state index in [1.54, 1.807) is 12.1 Å². The van der Waals surface area contributed by atoms with Crippen LogP contribution in [0.15, 0.2) is 60.7 Å². The Morgan fingerprint density at radius 3 is 2.32 bits per heavy atom. The Labute approximate surface area is 166 Å². The minimum atomic E-state index is -0.509. The van der Waals surface area contributed by atoms with Gasteiger partial charge in [-0.2, -0.15) is 0 Å². The SMILES string of the molecule is CC(C)(C)OC(=O)c1ccc(C=CCCNC(=O)OCc2ccccc2)cc1. The molecule has 5 nitrogen and oxygen atoms in total. The molecule has 148 valence electrons. The fourth-order valence-corrected chi connectivity index (χ4v) is 2.32. The summed E-state index contributed by atoms with van der Waals surface area (Å²) in [6.07, 6.45) is 4.14. The molecule has 2 aromatic carbocycles. The Bertz CT molecular complexity index is 790. The average molecular weight is 381 g/mol. The van der Waals surface area contributed by atoms with Gasteiger partial charge in [-0.25, -0.2) is 9.59 Å². The van der Waals surface area contributed by atoms with E-state index in [1.807, 2.05) is 75.4 Å². The predicted molar refractivity (Wildman–Crippen MR) is 110 cm³/mol. The number of ether oxygens (including phenoxy) is 2. The summed E-state index contributed by atoms with van der Waals surface area (Å²) in [5, 5.41) is 2.71. The molecular formula is C23H27NO4. The number of carbonyl (C=O) groups excluding carboxylic acids is 2. The van der Waals surface area contributed by atoms with Crippen LogP contribution < -0.4 is 5.32 Å². The van der Waals surface area contributed by atoms with Crippen LogP contribution in [0.4, 0.5) is 4.79 Å². The fraction of sp³-hybridized carbons (Fsp3) is 0.304. The van der Waals surface area contributed by atoms with Crippen LogP contribution >= 0.6 is 0 Å². The second-order valence-electron chi connectivity index (χ2n) is 7.30. The minimum Gasteiger partial charge on any atom is -0.456 e. The molecule has 0 aliphatic heterocycles. The zero-order valence-corrected chi connectivity index (χ0v) is 16.6. The summed E-state index contributed by atoms with van der Waals surface area (Å²) >= 11 is 0. The van der Waals surface area contributed by atoms with Crippen LogP contribution in [-0.2, 0) is 16.1 Å². The topological polar surface area (TPSA) is 64.6 Å². The van der Waals surface area contributed by atoms with E-state index in [0.29, 0.717) is 18.5 Å². The molecule has 1 amide bonds. The number of benzene rings is 2. The highest BCUT2D eigenvalue weighted by molar-refractivity contribution is 5.89. The molecule has 0 heterocycles. The van der Waals surface area contributed by atoms with Crippen LogP contribution in [0.2, 0.25) is 0 Å². The molecule has 2 rings (SSSR count). The first-order chi connectivity index (χ1) is 13.3. The Balaban J connectivity index is 1.68. The van der Waals surface area contributed by atoms with Crippen molar-refractivity contribution < 1.29 is 19.1 Å². The van der Waals surface area contributed by atoms with Crippen LogP contribution in [0.3, 0.4) is 0 Å². The standard InChI is InChI=1S/C23H27NO4/c1-23(2,3)28-21(25)20-14-12-18(13-15-20)9-7-8-16-24-22(26)27-17-19-10-5-4-6-11-19/h4-7,9-15H,8,16-17H2,1-3H3,(H,24,26). The largest absolute Gasteiger partial charge is 0.456 e. The second-order valence-corrected chi connectivity index (χ2v) is 7.30. The molecule has 0 aliphatic rings. The van der Waals surface area contributed by atoms with Crippen LogP contribution in [0.25, 0.3) is 6.08 Å². The van der Waals surface area contributed by atoms with Crippen LogP contribution in [0, 0.1) is 0 Å². The van der Waals surface area contributed by atoms with Gasteiger partial charge in [-0.05, 0) is 50.5 Å². The zero-order chi connectivity index (χ0) is 20.4. The van der Waals surface area contributed by atoms with Gasteiger partial charge in [0.15, 0.2) is 0 Å². The molecule has 0 atom stereocenters. The van der Waals surface area contributed by atoms with Gasteiger partial charge in [0.25, 0.3) is 0 Å². The third kappa shape index (κ3) is 8.08. The normalized spacial score (nSPS) is 11.2. The van der Waals surface area contributed by atoms with Crippen molar-refractivity contribution in [1.82, 2.24) is 5.32 Å². The van der Waals surface area contributed by atoms with E-state index in [1.165, 1.54) is 0 Å². The highest BCUT2D eigenvalue weighted by Gasteiger charge is 2.17. The highest BCUT2D eigenvalue weighted by Crippen LogP contribution is 2.13. The lowest BCUT2D eigenvalue weighted by Gasteiger charge is -2.19. The summed E-state index contributed by atoms with van der Waals surface area (Å²) in [5.41, 5.74) is 1.94. The number of esters is 1. The first-order valence-corrected chi connectivity index (χ1v) is 9.28. The molecule has 28 heavy (non-hydrogen) atoms. The number of nitrogens with one attached hydrogen (secondary N) is 1. The van der Waals surface area contributed by atoms with E-state index in [2.05, 4.69) is 5.32 Å². The van der Waals surface area contributed by atoms with Crippen molar-refractivity contribution in [3.8, 4) is 0 Å². The van der Waals surface area contributed by atoms with Gasteiger partial charge in [0.05, 0.1) is 5.56 Å². The van der Waals surface area contributed by atoms with E-state index in [9.17, 15) is 9.59 Å². The number of hydrogen-bond donors (Lipinski definition) is 1. The molecular weight excluding hydrogens is 354 g/mol. The third-order valence-electron chi connectivity index (χ3n) is 3.65. The van der Waals surface area contributed by atoms with Crippen molar-refractivity contribution in [3.63, 3.8) is 0 Å². The van der Waals surface area contributed by atoms with Crippen LogP contribution in [0.5, 0.6) is 0 Å². The molecule has 0 radical (unpaired) electrons. The van der Waals surface area contributed by atoms with Crippen molar-refractivity contribution >= 4 is 18.1 Å². The van der Waals surface area contributed by atoms with Crippen LogP contribution in [0.1, 0.15) is 48.7 Å². The monoisotopic (exact) mass is 381 g/mol. The molecule has 0 aliphatic carbocycles. The Morgan fingerprint density at radius 2 is 1.68 bits per heavy atom. The first-order valence-electron chi connectivity index (χ1n) is 9.28. The number of alkyl carbamates (subject to hydrolysis) is 1. The molecule has 0 unspecified atom stereocenters. The smallest absolute Gasteiger partial charge is 0.407 e. The van der Waals surface area contributed by atoms with E-state index in [-0.39, 0.29) is 12.6 Å².